The molecule has 0 amide bonds. The molecule has 1 aromatic carbocycles. The fraction of sp³-hybridized carbons (Fsp3) is 0.625. The van der Waals surface area contributed by atoms with Crippen LogP contribution in [0.15, 0.2) is 6.07 Å². The molecule has 1 saturated carbocycles. The van der Waals surface area contributed by atoms with E-state index in [4.69, 9.17) is 10.5 Å². The van der Waals surface area contributed by atoms with Crippen LogP contribution in [-0.4, -0.2) is 31.1 Å². The Morgan fingerprint density at radius 1 is 1.26 bits per heavy atom. The summed E-state index contributed by atoms with van der Waals surface area (Å²) in [6, 6.07) is 2.24. The predicted molar refractivity (Wildman–Crippen MR) is 79.7 cm³/mol. The van der Waals surface area contributed by atoms with Gasteiger partial charge in [-0.1, -0.05) is 6.07 Å². The minimum absolute atomic E-state index is 0.0826. The molecule has 0 bridgehead atoms. The molecule has 1 aromatic rings. The summed E-state index contributed by atoms with van der Waals surface area (Å²) in [6.45, 7) is 8.36. The topological polar surface area (TPSA) is 38.5 Å². The molecule has 0 atom stereocenters. The maximum Gasteiger partial charge on any atom is 0.124 e. The number of methoxy groups -OCH3 is 1. The molecule has 1 aliphatic carbocycles. The first-order valence-corrected chi connectivity index (χ1v) is 6.97. The number of aryl methyl sites for hydroxylation is 1. The summed E-state index contributed by atoms with van der Waals surface area (Å²) in [7, 11) is 3.90. The van der Waals surface area contributed by atoms with Crippen molar-refractivity contribution in [2.24, 2.45) is 5.73 Å². The first-order valence-electron chi connectivity index (χ1n) is 6.97. The first-order chi connectivity index (χ1) is 8.86. The SMILES string of the molecule is COc1c(C)cc(CN(C)CC2(N)CC2)c(C)c1C. The number of nitrogens with zero attached hydrogens (tertiary/aromatic N) is 1. The van der Waals surface area contributed by atoms with Crippen LogP contribution >= 0.6 is 0 Å². The largest absolute Gasteiger partial charge is 0.496 e. The highest BCUT2D eigenvalue weighted by atomic mass is 16.5. The van der Waals surface area contributed by atoms with Gasteiger partial charge < -0.3 is 15.4 Å². The lowest BCUT2D eigenvalue weighted by Crippen LogP contribution is -2.37. The van der Waals surface area contributed by atoms with Gasteiger partial charge in [-0.3, -0.25) is 0 Å². The Labute approximate surface area is 116 Å². The standard InChI is InChI=1S/C16H26N2O/c1-11-8-14(12(2)13(3)15(11)19-5)9-18(4)10-16(17)6-7-16/h8H,6-7,9-10,17H2,1-5H3. The molecule has 0 unspecified atom stereocenters. The van der Waals surface area contributed by atoms with Gasteiger partial charge in [0, 0.05) is 18.6 Å². The third-order valence-electron chi connectivity index (χ3n) is 4.26. The Morgan fingerprint density at radius 2 is 1.89 bits per heavy atom. The summed E-state index contributed by atoms with van der Waals surface area (Å²) >= 11 is 0. The second-order valence-corrected chi connectivity index (χ2v) is 6.17. The van der Waals surface area contributed by atoms with E-state index in [0.29, 0.717) is 0 Å². The quantitative estimate of drug-likeness (QED) is 0.886. The zero-order chi connectivity index (χ0) is 14.2. The monoisotopic (exact) mass is 262 g/mol. The lowest BCUT2D eigenvalue weighted by atomic mass is 9.98. The van der Waals surface area contributed by atoms with Gasteiger partial charge in [0.15, 0.2) is 0 Å². The number of nitrogens with two attached hydrogens (primary N) is 1. The molecule has 0 saturated heterocycles. The van der Waals surface area contributed by atoms with Gasteiger partial charge in [0.2, 0.25) is 0 Å². The first kappa shape index (κ1) is 14.4. The molecule has 2 N–H and O–H groups in total. The van der Waals surface area contributed by atoms with Crippen LogP contribution in [0.4, 0.5) is 0 Å². The van der Waals surface area contributed by atoms with E-state index >= 15 is 0 Å². The maximum absolute atomic E-state index is 6.18. The minimum atomic E-state index is 0.0826. The van der Waals surface area contributed by atoms with Crippen molar-refractivity contribution >= 4 is 0 Å². The minimum Gasteiger partial charge on any atom is -0.496 e. The van der Waals surface area contributed by atoms with Gasteiger partial charge >= 0.3 is 0 Å². The van der Waals surface area contributed by atoms with Crippen molar-refractivity contribution in [2.75, 3.05) is 20.7 Å². The molecule has 0 radical (unpaired) electrons. The highest BCUT2D eigenvalue weighted by molar-refractivity contribution is 5.48. The average Bonchev–Trinajstić information content (AvgIpc) is 3.03. The van der Waals surface area contributed by atoms with Crippen LogP contribution < -0.4 is 10.5 Å². The van der Waals surface area contributed by atoms with Gasteiger partial charge in [-0.25, -0.2) is 0 Å². The van der Waals surface area contributed by atoms with Crippen molar-refractivity contribution in [1.82, 2.24) is 4.90 Å². The lowest BCUT2D eigenvalue weighted by Gasteiger charge is -2.23. The van der Waals surface area contributed by atoms with E-state index in [9.17, 15) is 0 Å². The molecular formula is C16H26N2O. The summed E-state index contributed by atoms with van der Waals surface area (Å²) < 4.78 is 5.47. The zero-order valence-corrected chi connectivity index (χ0v) is 12.8. The number of hydrogen-bond acceptors (Lipinski definition) is 3. The van der Waals surface area contributed by atoms with E-state index in [-0.39, 0.29) is 5.54 Å². The number of benzene rings is 1. The van der Waals surface area contributed by atoms with E-state index in [1.165, 1.54) is 22.3 Å². The maximum atomic E-state index is 6.18. The molecule has 2 rings (SSSR count). The van der Waals surface area contributed by atoms with E-state index < -0.39 is 0 Å². The Kier molecular flexibility index (Phi) is 3.88. The molecule has 0 aliphatic heterocycles. The highest BCUT2D eigenvalue weighted by Crippen LogP contribution is 2.34. The van der Waals surface area contributed by atoms with Crippen molar-refractivity contribution in [3.8, 4) is 5.75 Å². The molecule has 19 heavy (non-hydrogen) atoms. The molecule has 0 heterocycles. The van der Waals surface area contributed by atoms with Crippen LogP contribution in [0.3, 0.4) is 0 Å². The molecule has 0 aromatic heterocycles. The van der Waals surface area contributed by atoms with Crippen LogP contribution in [0.2, 0.25) is 0 Å². The van der Waals surface area contributed by atoms with Crippen LogP contribution in [0.5, 0.6) is 5.75 Å². The summed E-state index contributed by atoms with van der Waals surface area (Å²) in [6.07, 6.45) is 2.33. The molecule has 106 valence electrons. The number of likely N-dealkylation sites (N-methyl/N-ethyl adjacent to an activating group) is 1. The van der Waals surface area contributed by atoms with Gasteiger partial charge in [0.1, 0.15) is 5.75 Å². The third-order valence-corrected chi connectivity index (χ3v) is 4.26. The van der Waals surface area contributed by atoms with Crippen LogP contribution in [0, 0.1) is 20.8 Å². The predicted octanol–water partition coefficient (Wildman–Crippen LogP) is 2.54. The fourth-order valence-electron chi connectivity index (χ4n) is 2.82. The Bertz CT molecular complexity index is 478. The molecule has 1 aliphatic rings. The summed E-state index contributed by atoms with van der Waals surface area (Å²) in [5, 5.41) is 0. The Morgan fingerprint density at radius 3 is 2.42 bits per heavy atom. The number of hydrogen-bond donors (Lipinski definition) is 1. The second kappa shape index (κ2) is 5.14. The van der Waals surface area contributed by atoms with Crippen molar-refractivity contribution in [2.45, 2.75) is 45.7 Å². The summed E-state index contributed by atoms with van der Waals surface area (Å²) in [5.74, 6) is 1.02. The van der Waals surface area contributed by atoms with Gasteiger partial charge in [-0.05, 0) is 62.9 Å². The van der Waals surface area contributed by atoms with E-state index in [0.717, 1.165) is 31.7 Å². The molecule has 3 heteroatoms. The highest BCUT2D eigenvalue weighted by Gasteiger charge is 2.38. The molecule has 3 nitrogen and oxygen atoms in total. The van der Waals surface area contributed by atoms with Crippen molar-refractivity contribution in [3.05, 3.63) is 28.3 Å². The molecule has 0 spiro atoms. The number of ether oxygens (including phenoxy) is 1. The second-order valence-electron chi connectivity index (χ2n) is 6.17. The van der Waals surface area contributed by atoms with Gasteiger partial charge in [0.05, 0.1) is 7.11 Å². The van der Waals surface area contributed by atoms with Gasteiger partial charge in [-0.2, -0.15) is 0 Å². The smallest absolute Gasteiger partial charge is 0.124 e. The van der Waals surface area contributed by atoms with E-state index in [1.54, 1.807) is 7.11 Å². The molecule has 1 fully saturated rings. The van der Waals surface area contributed by atoms with Crippen LogP contribution in [0.1, 0.15) is 35.1 Å². The normalized spacial score (nSPS) is 16.8. The van der Waals surface area contributed by atoms with Crippen LogP contribution in [-0.2, 0) is 6.54 Å². The third kappa shape index (κ3) is 3.10. The zero-order valence-electron chi connectivity index (χ0n) is 12.8. The van der Waals surface area contributed by atoms with Gasteiger partial charge in [-0.15, -0.1) is 0 Å². The van der Waals surface area contributed by atoms with E-state index in [1.807, 2.05) is 0 Å². The lowest BCUT2D eigenvalue weighted by molar-refractivity contribution is 0.295. The fourth-order valence-corrected chi connectivity index (χ4v) is 2.82. The summed E-state index contributed by atoms with van der Waals surface area (Å²) in [5.41, 5.74) is 11.4. The molecular weight excluding hydrogens is 236 g/mol. The van der Waals surface area contributed by atoms with Crippen molar-refractivity contribution < 1.29 is 4.74 Å². The van der Waals surface area contributed by atoms with Crippen LogP contribution in [0.25, 0.3) is 0 Å². The summed E-state index contributed by atoms with van der Waals surface area (Å²) in [4.78, 5) is 2.33. The number of rotatable bonds is 5. The Balaban J connectivity index is 2.16. The Hall–Kier alpha value is -1.06. The average molecular weight is 262 g/mol. The van der Waals surface area contributed by atoms with Crippen molar-refractivity contribution in [3.63, 3.8) is 0 Å². The van der Waals surface area contributed by atoms with Crippen molar-refractivity contribution in [1.29, 1.82) is 0 Å². The van der Waals surface area contributed by atoms with Gasteiger partial charge in [0.25, 0.3) is 0 Å². The van der Waals surface area contributed by atoms with E-state index in [2.05, 4.69) is 38.8 Å².